The first-order valence-electron chi connectivity index (χ1n) is 14.4. The van der Waals surface area contributed by atoms with Gasteiger partial charge < -0.3 is 13.3 Å². The first-order chi connectivity index (χ1) is 17.6. The maximum Gasteiger partial charge on any atom is 0.380 e. The molecular formula is C30H54FNO3SSi2. The molecule has 1 heterocycles. The summed E-state index contributed by atoms with van der Waals surface area (Å²) in [6.45, 7) is 24.6. The van der Waals surface area contributed by atoms with E-state index < -0.39 is 17.2 Å². The van der Waals surface area contributed by atoms with E-state index in [1.54, 1.807) is 11.3 Å². The average molecular weight is 584 g/mol. The van der Waals surface area contributed by atoms with E-state index in [1.165, 1.54) is 5.57 Å². The third-order valence-corrected chi connectivity index (χ3v) is 17.8. The van der Waals surface area contributed by atoms with Gasteiger partial charge in [-0.1, -0.05) is 74.0 Å². The van der Waals surface area contributed by atoms with Crippen molar-refractivity contribution in [1.82, 2.24) is 4.98 Å². The molecule has 0 fully saturated rings. The van der Waals surface area contributed by atoms with Crippen LogP contribution in [0.3, 0.4) is 0 Å². The second-order valence-electron chi connectivity index (χ2n) is 12.2. The van der Waals surface area contributed by atoms with Crippen LogP contribution in [0.1, 0.15) is 113 Å². The number of hydrogen-bond acceptors (Lipinski definition) is 5. The van der Waals surface area contributed by atoms with Crippen LogP contribution >= 0.6 is 11.3 Å². The predicted molar refractivity (Wildman–Crippen MR) is 167 cm³/mol. The van der Waals surface area contributed by atoms with E-state index >= 15 is 4.11 Å². The fourth-order valence-electron chi connectivity index (χ4n) is 4.85. The van der Waals surface area contributed by atoms with Gasteiger partial charge in [0.05, 0.1) is 16.8 Å². The molecule has 0 radical (unpaired) electrons. The lowest BCUT2D eigenvalue weighted by molar-refractivity contribution is -0.110. The van der Waals surface area contributed by atoms with Crippen LogP contribution in [0.5, 0.6) is 0 Å². The van der Waals surface area contributed by atoms with E-state index in [2.05, 4.69) is 64.1 Å². The molecule has 218 valence electrons. The summed E-state index contributed by atoms with van der Waals surface area (Å²) in [6.07, 6.45) is 8.69. The van der Waals surface area contributed by atoms with Crippen LogP contribution in [-0.4, -0.2) is 34.6 Å². The minimum Gasteiger partial charge on any atom is -0.411 e. The molecule has 0 spiro atoms. The topological polar surface area (TPSA) is 48.4 Å². The molecule has 0 saturated heterocycles. The lowest BCUT2D eigenvalue weighted by Gasteiger charge is -2.46. The van der Waals surface area contributed by atoms with Gasteiger partial charge in [-0.25, -0.2) is 4.98 Å². The molecule has 2 atom stereocenters. The van der Waals surface area contributed by atoms with Crippen LogP contribution in [-0.2, 0) is 13.3 Å². The van der Waals surface area contributed by atoms with Crippen molar-refractivity contribution in [1.29, 1.82) is 0 Å². The van der Waals surface area contributed by atoms with Crippen LogP contribution in [0.15, 0.2) is 22.6 Å². The molecule has 8 heteroatoms. The summed E-state index contributed by atoms with van der Waals surface area (Å²) in [6, 6.07) is 0. The van der Waals surface area contributed by atoms with Gasteiger partial charge in [-0.2, -0.15) is 0 Å². The summed E-state index contributed by atoms with van der Waals surface area (Å²) < 4.78 is 30.6. The zero-order valence-corrected chi connectivity index (χ0v) is 28.9. The van der Waals surface area contributed by atoms with Gasteiger partial charge >= 0.3 is 17.2 Å². The summed E-state index contributed by atoms with van der Waals surface area (Å²) in [5.41, 5.74) is 3.18. The Bertz CT molecular complexity index is 910. The summed E-state index contributed by atoms with van der Waals surface area (Å²) in [5.74, 6) is 0.0959. The molecule has 0 aliphatic carbocycles. The normalized spacial score (nSPS) is 15.7. The fraction of sp³-hybridized carbons (Fsp3) is 0.733. The van der Waals surface area contributed by atoms with Gasteiger partial charge in [0.15, 0.2) is 0 Å². The van der Waals surface area contributed by atoms with Gasteiger partial charge in [-0.05, 0) is 69.2 Å². The number of hydrogen-bond donors (Lipinski definition) is 0. The van der Waals surface area contributed by atoms with Gasteiger partial charge in [0, 0.05) is 22.4 Å². The van der Waals surface area contributed by atoms with E-state index in [0.717, 1.165) is 41.8 Å². The van der Waals surface area contributed by atoms with Crippen molar-refractivity contribution >= 4 is 40.9 Å². The molecule has 0 aliphatic heterocycles. The Morgan fingerprint density at radius 2 is 1.61 bits per heavy atom. The number of carbonyl (C=O) groups excluding carboxylic acids is 1. The van der Waals surface area contributed by atoms with Crippen LogP contribution in [0, 0.1) is 12.8 Å². The van der Waals surface area contributed by atoms with E-state index in [-0.39, 0.29) is 34.2 Å². The molecule has 4 nitrogen and oxygen atoms in total. The SMILES string of the molecule is C/C(=C\C[C@H](O[Si](O[Si](F)(C(C)C)C(C)C)(C(C)C)C(C)C)/C(C)=C/c1csc(C)n1)CCC[C@H](C)C=O. The summed E-state index contributed by atoms with van der Waals surface area (Å²) in [4.78, 5) is 15.6. The van der Waals surface area contributed by atoms with E-state index in [4.69, 9.17) is 8.54 Å². The van der Waals surface area contributed by atoms with Crippen molar-refractivity contribution in [3.63, 3.8) is 0 Å². The number of aryl methyl sites for hydroxylation is 1. The Morgan fingerprint density at radius 3 is 2.05 bits per heavy atom. The molecular weight excluding hydrogens is 530 g/mol. The second-order valence-corrected chi connectivity index (χ2v) is 21.8. The largest absolute Gasteiger partial charge is 0.411 e. The Morgan fingerprint density at radius 1 is 1.03 bits per heavy atom. The first kappa shape index (κ1) is 35.1. The minimum atomic E-state index is -3.55. The van der Waals surface area contributed by atoms with Gasteiger partial charge in [0.25, 0.3) is 0 Å². The number of rotatable bonds is 17. The number of aldehydes is 1. The molecule has 0 aromatic carbocycles. The average Bonchev–Trinajstić information content (AvgIpc) is 3.24. The molecule has 0 unspecified atom stereocenters. The summed E-state index contributed by atoms with van der Waals surface area (Å²) in [7, 11) is -6.56. The zero-order chi connectivity index (χ0) is 29.3. The lowest BCUT2D eigenvalue weighted by Crippen LogP contribution is -2.59. The number of halogens is 1. The van der Waals surface area contributed by atoms with Gasteiger partial charge in [0.2, 0.25) is 0 Å². The molecule has 1 aromatic rings. The van der Waals surface area contributed by atoms with Gasteiger partial charge in [-0.15, -0.1) is 11.3 Å². The highest BCUT2D eigenvalue weighted by molar-refractivity contribution is 7.09. The number of allylic oxidation sites excluding steroid dienone is 1. The van der Waals surface area contributed by atoms with Crippen LogP contribution in [0.4, 0.5) is 4.11 Å². The van der Waals surface area contributed by atoms with E-state index in [9.17, 15) is 4.79 Å². The number of carbonyl (C=O) groups is 1. The molecule has 0 saturated carbocycles. The molecule has 0 aliphatic rings. The van der Waals surface area contributed by atoms with Crippen LogP contribution in [0.2, 0.25) is 22.2 Å². The van der Waals surface area contributed by atoms with Crippen molar-refractivity contribution in [2.75, 3.05) is 0 Å². The molecule has 0 bridgehead atoms. The highest BCUT2D eigenvalue weighted by Crippen LogP contribution is 2.45. The Labute approximate surface area is 239 Å². The summed E-state index contributed by atoms with van der Waals surface area (Å²) >= 11 is 1.63. The van der Waals surface area contributed by atoms with Gasteiger partial charge in [0.1, 0.15) is 6.29 Å². The molecule has 38 heavy (non-hydrogen) atoms. The second kappa shape index (κ2) is 15.7. The third-order valence-electron chi connectivity index (χ3n) is 7.49. The maximum atomic E-state index is 16.6. The number of thiazole rings is 1. The summed E-state index contributed by atoms with van der Waals surface area (Å²) in [5, 5.41) is 3.09. The monoisotopic (exact) mass is 583 g/mol. The van der Waals surface area contributed by atoms with Crippen LogP contribution < -0.4 is 0 Å². The van der Waals surface area contributed by atoms with Crippen molar-refractivity contribution in [3.05, 3.63) is 33.3 Å². The highest BCUT2D eigenvalue weighted by Gasteiger charge is 2.56. The van der Waals surface area contributed by atoms with Crippen LogP contribution in [0.25, 0.3) is 6.08 Å². The van der Waals surface area contributed by atoms with Gasteiger partial charge in [-0.3, -0.25) is 4.11 Å². The number of aromatic nitrogens is 1. The smallest absolute Gasteiger partial charge is 0.380 e. The third kappa shape index (κ3) is 9.91. The number of nitrogens with zero attached hydrogens (tertiary/aromatic N) is 1. The highest BCUT2D eigenvalue weighted by atomic mass is 32.1. The predicted octanol–water partition coefficient (Wildman–Crippen LogP) is 10.1. The standard InChI is InChI=1S/C30H54FNO3SSi2/c1-21(2)37(31,22(3)4)35-38(23(5)6,24(7)8)34-30(27(11)18-29-20-36-28(12)32-29)17-16-25(9)14-13-15-26(10)19-33/h16,18-24,26,30H,13-15,17H2,1-12H3/b25-16+,27-18+/t26-,30-/m0/s1. The van der Waals surface area contributed by atoms with Crippen molar-refractivity contribution in [2.45, 2.75) is 137 Å². The van der Waals surface area contributed by atoms with E-state index in [1.807, 2.05) is 41.5 Å². The van der Waals surface area contributed by atoms with Crippen molar-refractivity contribution < 1.29 is 17.4 Å². The quantitative estimate of drug-likeness (QED) is 0.0792. The molecule has 0 N–H and O–H groups in total. The Hall–Kier alpha value is -0.936. The molecule has 1 aromatic heterocycles. The molecule has 1 rings (SSSR count). The zero-order valence-electron chi connectivity index (χ0n) is 26.1. The Kier molecular flexibility index (Phi) is 14.5. The van der Waals surface area contributed by atoms with Crippen molar-refractivity contribution in [3.8, 4) is 0 Å². The maximum absolute atomic E-state index is 16.6. The first-order valence-corrected chi connectivity index (χ1v) is 19.2. The van der Waals surface area contributed by atoms with Crippen molar-refractivity contribution in [2.24, 2.45) is 5.92 Å². The fourth-order valence-corrected chi connectivity index (χ4v) is 15.3. The lowest BCUT2D eigenvalue weighted by atomic mass is 10.0. The molecule has 0 amide bonds. The van der Waals surface area contributed by atoms with E-state index in [0.29, 0.717) is 6.42 Å². The Balaban J connectivity index is 3.44. The minimum absolute atomic E-state index is 0.0920.